The number of rotatable bonds is 6. The molecule has 1 aromatic heterocycles. The van der Waals surface area contributed by atoms with Gasteiger partial charge in [0, 0.05) is 5.69 Å². The first-order chi connectivity index (χ1) is 14.0. The number of tetrazole rings is 1. The summed E-state index contributed by atoms with van der Waals surface area (Å²) in [6, 6.07) is 12.0. The Balaban J connectivity index is 1.56. The number of carbonyl (C=O) groups excluding carboxylic acids is 2. The number of imide groups is 1. The molecule has 0 bridgehead atoms. The molecule has 29 heavy (non-hydrogen) atoms. The second kappa shape index (κ2) is 9.20. The lowest BCUT2D eigenvalue weighted by atomic mass is 10.1. The second-order valence-electron chi connectivity index (χ2n) is 6.11. The number of aromatic nitrogens is 4. The predicted octanol–water partition coefficient (Wildman–Crippen LogP) is 2.73. The van der Waals surface area contributed by atoms with Gasteiger partial charge in [-0.25, -0.2) is 4.79 Å². The van der Waals surface area contributed by atoms with Gasteiger partial charge in [-0.05, 0) is 65.7 Å². The monoisotopic (exact) mass is 412 g/mol. The smallest absolute Gasteiger partial charge is 0.325 e. The van der Waals surface area contributed by atoms with Crippen LogP contribution in [0.4, 0.5) is 10.5 Å². The van der Waals surface area contributed by atoms with Crippen molar-refractivity contribution in [2.45, 2.75) is 19.0 Å². The van der Waals surface area contributed by atoms with Crippen molar-refractivity contribution in [2.75, 3.05) is 18.2 Å². The van der Waals surface area contributed by atoms with Crippen LogP contribution in [-0.2, 0) is 4.79 Å². The highest BCUT2D eigenvalue weighted by atomic mass is 32.2. The van der Waals surface area contributed by atoms with Crippen LogP contribution in [0.1, 0.15) is 11.1 Å². The summed E-state index contributed by atoms with van der Waals surface area (Å²) in [4.78, 5) is 24.1. The number of methoxy groups -OCH3 is 1. The van der Waals surface area contributed by atoms with Gasteiger partial charge in [0.1, 0.15) is 5.75 Å². The highest BCUT2D eigenvalue weighted by Gasteiger charge is 2.15. The third kappa shape index (κ3) is 5.11. The van der Waals surface area contributed by atoms with Gasteiger partial charge in [0.2, 0.25) is 11.1 Å². The zero-order valence-electron chi connectivity index (χ0n) is 16.2. The van der Waals surface area contributed by atoms with Gasteiger partial charge in [-0.2, -0.15) is 4.68 Å². The number of anilines is 1. The topological polar surface area (TPSA) is 111 Å². The SMILES string of the molecule is COc1ccc(NC(=O)NC(=O)CSc2nnnn2-c2cccc(C)c2C)cc1. The molecule has 10 heteroatoms. The Labute approximate surface area is 171 Å². The van der Waals surface area contributed by atoms with Gasteiger partial charge in [-0.1, -0.05) is 23.9 Å². The number of hydrogen-bond donors (Lipinski definition) is 2. The van der Waals surface area contributed by atoms with Crippen LogP contribution >= 0.6 is 11.8 Å². The summed E-state index contributed by atoms with van der Waals surface area (Å²) in [6.07, 6.45) is 0. The van der Waals surface area contributed by atoms with Crippen molar-refractivity contribution in [3.8, 4) is 11.4 Å². The molecule has 2 aromatic carbocycles. The number of hydrogen-bond acceptors (Lipinski definition) is 7. The molecule has 0 saturated heterocycles. The maximum atomic E-state index is 12.1. The van der Waals surface area contributed by atoms with Crippen molar-refractivity contribution in [1.82, 2.24) is 25.5 Å². The summed E-state index contributed by atoms with van der Waals surface area (Å²) in [6.45, 7) is 3.99. The lowest BCUT2D eigenvalue weighted by molar-refractivity contribution is -0.117. The number of urea groups is 1. The van der Waals surface area contributed by atoms with Crippen LogP contribution in [-0.4, -0.2) is 45.0 Å². The highest BCUT2D eigenvalue weighted by molar-refractivity contribution is 7.99. The highest BCUT2D eigenvalue weighted by Crippen LogP contribution is 2.22. The van der Waals surface area contributed by atoms with E-state index in [9.17, 15) is 9.59 Å². The second-order valence-corrected chi connectivity index (χ2v) is 7.05. The average Bonchev–Trinajstić information content (AvgIpc) is 3.17. The first-order valence-corrected chi connectivity index (χ1v) is 9.69. The molecule has 0 radical (unpaired) electrons. The molecular weight excluding hydrogens is 392 g/mol. The predicted molar refractivity (Wildman–Crippen MR) is 110 cm³/mol. The summed E-state index contributed by atoms with van der Waals surface area (Å²) >= 11 is 1.14. The van der Waals surface area contributed by atoms with E-state index in [1.54, 1.807) is 36.1 Å². The van der Waals surface area contributed by atoms with E-state index in [-0.39, 0.29) is 5.75 Å². The summed E-state index contributed by atoms with van der Waals surface area (Å²) in [7, 11) is 1.56. The molecule has 0 atom stereocenters. The zero-order valence-corrected chi connectivity index (χ0v) is 17.0. The van der Waals surface area contributed by atoms with Gasteiger partial charge in [-0.15, -0.1) is 5.10 Å². The first kappa shape index (κ1) is 20.3. The Morgan fingerprint density at radius 1 is 1.14 bits per heavy atom. The van der Waals surface area contributed by atoms with E-state index < -0.39 is 11.9 Å². The van der Waals surface area contributed by atoms with Crippen molar-refractivity contribution >= 4 is 29.4 Å². The number of aryl methyl sites for hydroxylation is 1. The van der Waals surface area contributed by atoms with Crippen LogP contribution in [0.15, 0.2) is 47.6 Å². The minimum absolute atomic E-state index is 0.0126. The molecule has 9 nitrogen and oxygen atoms in total. The van der Waals surface area contributed by atoms with E-state index >= 15 is 0 Å². The number of nitrogens with one attached hydrogen (secondary N) is 2. The van der Waals surface area contributed by atoms with Gasteiger partial charge >= 0.3 is 6.03 Å². The maximum Gasteiger partial charge on any atom is 0.325 e. The normalized spacial score (nSPS) is 10.4. The fourth-order valence-corrected chi connectivity index (χ4v) is 3.20. The van der Waals surface area contributed by atoms with Crippen LogP contribution in [0.25, 0.3) is 5.69 Å². The number of thioether (sulfide) groups is 1. The van der Waals surface area contributed by atoms with Crippen molar-refractivity contribution in [3.05, 3.63) is 53.6 Å². The van der Waals surface area contributed by atoms with Crippen molar-refractivity contribution in [2.24, 2.45) is 0 Å². The largest absolute Gasteiger partial charge is 0.497 e. The van der Waals surface area contributed by atoms with E-state index in [4.69, 9.17) is 4.74 Å². The van der Waals surface area contributed by atoms with E-state index in [1.807, 2.05) is 32.0 Å². The molecule has 0 unspecified atom stereocenters. The van der Waals surface area contributed by atoms with E-state index in [0.29, 0.717) is 16.6 Å². The lowest BCUT2D eigenvalue weighted by Gasteiger charge is -2.10. The molecule has 3 amide bonds. The quantitative estimate of drug-likeness (QED) is 0.599. The molecule has 0 fully saturated rings. The number of ether oxygens (including phenoxy) is 1. The zero-order chi connectivity index (χ0) is 20.8. The molecule has 0 saturated carbocycles. The molecule has 150 valence electrons. The number of nitrogens with zero attached hydrogens (tertiary/aromatic N) is 4. The van der Waals surface area contributed by atoms with Crippen molar-refractivity contribution in [1.29, 1.82) is 0 Å². The third-order valence-corrected chi connectivity index (χ3v) is 5.10. The molecular formula is C19H20N6O3S. The minimum Gasteiger partial charge on any atom is -0.497 e. The van der Waals surface area contributed by atoms with E-state index in [1.165, 1.54) is 0 Å². The summed E-state index contributed by atoms with van der Waals surface area (Å²) in [5, 5.41) is 17.0. The van der Waals surface area contributed by atoms with Crippen LogP contribution < -0.4 is 15.4 Å². The molecule has 0 aliphatic carbocycles. The average molecular weight is 412 g/mol. The summed E-state index contributed by atoms with van der Waals surface area (Å²) in [5.74, 6) is 0.197. The molecule has 3 aromatic rings. The van der Waals surface area contributed by atoms with Crippen LogP contribution in [0, 0.1) is 13.8 Å². The molecule has 2 N–H and O–H groups in total. The lowest BCUT2D eigenvalue weighted by Crippen LogP contribution is -2.35. The van der Waals surface area contributed by atoms with Gasteiger partial charge in [0.05, 0.1) is 18.6 Å². The Kier molecular flexibility index (Phi) is 6.45. The Morgan fingerprint density at radius 3 is 2.62 bits per heavy atom. The Hall–Kier alpha value is -3.40. The first-order valence-electron chi connectivity index (χ1n) is 8.70. The van der Waals surface area contributed by atoms with Crippen molar-refractivity contribution in [3.63, 3.8) is 0 Å². The molecule has 0 aliphatic heterocycles. The third-order valence-electron chi connectivity index (χ3n) is 4.18. The van der Waals surface area contributed by atoms with Crippen LogP contribution in [0.3, 0.4) is 0 Å². The number of carbonyl (C=O) groups is 2. The molecule has 1 heterocycles. The maximum absolute atomic E-state index is 12.1. The fourth-order valence-electron chi connectivity index (χ4n) is 2.51. The molecule has 0 aliphatic rings. The van der Waals surface area contributed by atoms with Gasteiger partial charge in [0.15, 0.2) is 0 Å². The van der Waals surface area contributed by atoms with Crippen molar-refractivity contribution < 1.29 is 14.3 Å². The van der Waals surface area contributed by atoms with Crippen LogP contribution in [0.2, 0.25) is 0 Å². The molecule has 3 rings (SSSR count). The van der Waals surface area contributed by atoms with E-state index in [2.05, 4.69) is 26.2 Å². The van der Waals surface area contributed by atoms with Gasteiger partial charge in [-0.3, -0.25) is 10.1 Å². The summed E-state index contributed by atoms with van der Waals surface area (Å²) < 4.78 is 6.64. The number of amides is 3. The van der Waals surface area contributed by atoms with E-state index in [0.717, 1.165) is 28.6 Å². The molecule has 0 spiro atoms. The standard InChI is InChI=1S/C19H20N6O3S/c1-12-5-4-6-16(13(12)2)25-19(22-23-24-25)29-11-17(26)21-18(27)20-14-7-9-15(28-3)10-8-14/h4-10H,11H2,1-3H3,(H2,20,21,26,27). The van der Waals surface area contributed by atoms with Gasteiger partial charge < -0.3 is 10.1 Å². The van der Waals surface area contributed by atoms with Gasteiger partial charge in [0.25, 0.3) is 0 Å². The van der Waals surface area contributed by atoms with Crippen LogP contribution in [0.5, 0.6) is 5.75 Å². The minimum atomic E-state index is -0.616. The Bertz CT molecular complexity index is 1020. The fraction of sp³-hybridized carbons (Fsp3) is 0.211. The summed E-state index contributed by atoms with van der Waals surface area (Å²) in [5.41, 5.74) is 3.55. The number of benzene rings is 2. The Morgan fingerprint density at radius 2 is 1.90 bits per heavy atom.